The lowest BCUT2D eigenvalue weighted by Gasteiger charge is -2.05. The Kier molecular flexibility index (Phi) is 7.72. The molecular weight excluding hydrogens is 242 g/mol. The van der Waals surface area contributed by atoms with Crippen LogP contribution in [0.2, 0.25) is 0 Å². The smallest absolute Gasteiger partial charge is 0.306 e. The van der Waals surface area contributed by atoms with E-state index >= 15 is 0 Å². The first-order chi connectivity index (χ1) is 7.02. The summed E-state index contributed by atoms with van der Waals surface area (Å²) in [4.78, 5) is 10.9. The van der Waals surface area contributed by atoms with Gasteiger partial charge in [0.15, 0.2) is 0 Å². The Balaban J connectivity index is 3.78. The zero-order valence-electron chi connectivity index (χ0n) is 8.66. The van der Waals surface area contributed by atoms with Crippen LogP contribution in [-0.4, -0.2) is 39.2 Å². The summed E-state index contributed by atoms with van der Waals surface area (Å²) in [7, 11) is -3.38. The van der Waals surface area contributed by atoms with E-state index in [0.717, 1.165) is 0 Å². The summed E-state index contributed by atoms with van der Waals surface area (Å²) >= 11 is 5.39. The summed E-state index contributed by atoms with van der Waals surface area (Å²) in [5.74, 6) is -0.339. The first kappa shape index (κ1) is 14.7. The van der Waals surface area contributed by atoms with Crippen LogP contribution in [0.5, 0.6) is 0 Å². The molecular formula is C8H16ClNO4S. The number of rotatable bonds is 8. The van der Waals surface area contributed by atoms with Crippen LogP contribution in [0.25, 0.3) is 0 Å². The van der Waals surface area contributed by atoms with Crippen molar-refractivity contribution in [2.75, 3.05) is 24.8 Å². The first-order valence-electron chi connectivity index (χ1n) is 4.70. The van der Waals surface area contributed by atoms with Crippen LogP contribution in [0, 0.1) is 0 Å². The van der Waals surface area contributed by atoms with Gasteiger partial charge in [0.2, 0.25) is 10.0 Å². The second kappa shape index (κ2) is 7.90. The predicted octanol–water partition coefficient (Wildman–Crippen LogP) is 0.488. The quantitative estimate of drug-likeness (QED) is 0.390. The number of hydrogen-bond acceptors (Lipinski definition) is 4. The number of sulfonamides is 1. The summed E-state index contributed by atoms with van der Waals surface area (Å²) in [6.07, 6.45) is 0.449. The minimum Gasteiger partial charge on any atom is -0.466 e. The van der Waals surface area contributed by atoms with Gasteiger partial charge in [0.05, 0.1) is 18.8 Å². The maximum absolute atomic E-state index is 11.3. The lowest BCUT2D eigenvalue weighted by molar-refractivity contribution is -0.142. The van der Waals surface area contributed by atoms with E-state index in [0.29, 0.717) is 18.8 Å². The van der Waals surface area contributed by atoms with Crippen molar-refractivity contribution in [3.8, 4) is 0 Å². The third-order valence-corrected chi connectivity index (χ3v) is 3.17. The standard InChI is InChI=1S/C8H16ClNO4S/c1-2-14-8(11)4-7-15(12,13)10-6-3-5-9/h10H,2-7H2,1H3. The minimum absolute atomic E-state index is 0.121. The molecule has 0 rings (SSSR count). The van der Waals surface area contributed by atoms with Crippen LogP contribution in [0.1, 0.15) is 19.8 Å². The summed E-state index contributed by atoms with van der Waals surface area (Å²) < 4.78 is 29.5. The maximum atomic E-state index is 11.3. The maximum Gasteiger partial charge on any atom is 0.306 e. The van der Waals surface area contributed by atoms with Gasteiger partial charge in [0.1, 0.15) is 0 Å². The van der Waals surface area contributed by atoms with Gasteiger partial charge in [-0.15, -0.1) is 11.6 Å². The lowest BCUT2D eigenvalue weighted by Crippen LogP contribution is -2.28. The summed E-state index contributed by atoms with van der Waals surface area (Å²) in [6.45, 7) is 2.23. The van der Waals surface area contributed by atoms with Gasteiger partial charge in [-0.05, 0) is 13.3 Å². The van der Waals surface area contributed by atoms with Gasteiger partial charge in [0.25, 0.3) is 0 Å². The van der Waals surface area contributed by atoms with E-state index in [1.807, 2.05) is 0 Å². The molecule has 0 aliphatic rings. The van der Waals surface area contributed by atoms with Crippen LogP contribution >= 0.6 is 11.6 Å². The number of halogens is 1. The molecule has 15 heavy (non-hydrogen) atoms. The Morgan fingerprint density at radius 2 is 2.13 bits per heavy atom. The molecule has 0 saturated heterocycles. The van der Waals surface area contributed by atoms with Crippen molar-refractivity contribution in [1.29, 1.82) is 0 Å². The van der Waals surface area contributed by atoms with E-state index in [-0.39, 0.29) is 18.8 Å². The molecule has 0 amide bonds. The van der Waals surface area contributed by atoms with Crippen LogP contribution in [0.3, 0.4) is 0 Å². The highest BCUT2D eigenvalue weighted by Crippen LogP contribution is 1.93. The predicted molar refractivity (Wildman–Crippen MR) is 58.4 cm³/mol. The van der Waals surface area contributed by atoms with Crippen molar-refractivity contribution < 1.29 is 17.9 Å². The van der Waals surface area contributed by atoms with Crippen LogP contribution in [0.15, 0.2) is 0 Å². The van der Waals surface area contributed by atoms with Crippen molar-refractivity contribution in [2.24, 2.45) is 0 Å². The molecule has 90 valence electrons. The van der Waals surface area contributed by atoms with E-state index < -0.39 is 16.0 Å². The molecule has 0 bridgehead atoms. The summed E-state index contributed by atoms with van der Waals surface area (Å²) in [5, 5.41) is 0. The second-order valence-electron chi connectivity index (χ2n) is 2.81. The zero-order chi connectivity index (χ0) is 11.7. The van der Waals surface area contributed by atoms with Crippen molar-refractivity contribution in [2.45, 2.75) is 19.8 Å². The lowest BCUT2D eigenvalue weighted by atomic mass is 10.5. The molecule has 0 radical (unpaired) electrons. The van der Waals surface area contributed by atoms with Gasteiger partial charge in [0, 0.05) is 12.4 Å². The monoisotopic (exact) mass is 257 g/mol. The Labute approximate surface area is 95.2 Å². The number of alkyl halides is 1. The third-order valence-electron chi connectivity index (χ3n) is 1.51. The van der Waals surface area contributed by atoms with Crippen molar-refractivity contribution in [1.82, 2.24) is 4.72 Å². The molecule has 0 saturated carbocycles. The first-order valence-corrected chi connectivity index (χ1v) is 6.89. The molecule has 0 heterocycles. The van der Waals surface area contributed by atoms with Gasteiger partial charge in [-0.1, -0.05) is 0 Å². The van der Waals surface area contributed by atoms with E-state index in [1.54, 1.807) is 6.92 Å². The Morgan fingerprint density at radius 3 is 2.67 bits per heavy atom. The molecule has 0 aromatic rings. The van der Waals surface area contributed by atoms with Crippen molar-refractivity contribution in [3.63, 3.8) is 0 Å². The molecule has 7 heteroatoms. The van der Waals surface area contributed by atoms with Gasteiger partial charge < -0.3 is 4.74 Å². The third kappa shape index (κ3) is 8.65. The highest BCUT2D eigenvalue weighted by Gasteiger charge is 2.12. The van der Waals surface area contributed by atoms with E-state index in [2.05, 4.69) is 9.46 Å². The topological polar surface area (TPSA) is 72.5 Å². The highest BCUT2D eigenvalue weighted by molar-refractivity contribution is 7.89. The van der Waals surface area contributed by atoms with Gasteiger partial charge in [-0.2, -0.15) is 0 Å². The van der Waals surface area contributed by atoms with Crippen LogP contribution < -0.4 is 4.72 Å². The fourth-order valence-corrected chi connectivity index (χ4v) is 1.99. The number of esters is 1. The second-order valence-corrected chi connectivity index (χ2v) is 5.12. The molecule has 0 aromatic heterocycles. The van der Waals surface area contributed by atoms with Crippen molar-refractivity contribution in [3.05, 3.63) is 0 Å². The van der Waals surface area contributed by atoms with E-state index in [4.69, 9.17) is 11.6 Å². The average molecular weight is 258 g/mol. The molecule has 0 atom stereocenters. The molecule has 0 fully saturated rings. The number of carbonyl (C=O) groups excluding carboxylic acids is 1. The van der Waals surface area contributed by atoms with Gasteiger partial charge in [-0.25, -0.2) is 13.1 Å². The summed E-state index contributed by atoms with van der Waals surface area (Å²) in [5.41, 5.74) is 0. The average Bonchev–Trinajstić information content (AvgIpc) is 2.16. The fraction of sp³-hybridized carbons (Fsp3) is 0.875. The molecule has 0 aliphatic heterocycles. The largest absolute Gasteiger partial charge is 0.466 e. The van der Waals surface area contributed by atoms with E-state index in [1.165, 1.54) is 0 Å². The highest BCUT2D eigenvalue weighted by atomic mass is 35.5. The van der Waals surface area contributed by atoms with Crippen molar-refractivity contribution >= 4 is 27.6 Å². The normalized spacial score (nSPS) is 11.3. The van der Waals surface area contributed by atoms with Crippen LogP contribution in [0.4, 0.5) is 0 Å². The number of carbonyl (C=O) groups is 1. The SMILES string of the molecule is CCOC(=O)CCS(=O)(=O)NCCCCl. The minimum atomic E-state index is -3.38. The van der Waals surface area contributed by atoms with Gasteiger partial charge >= 0.3 is 5.97 Å². The Hall–Kier alpha value is -0.330. The van der Waals surface area contributed by atoms with Crippen LogP contribution in [-0.2, 0) is 19.6 Å². The molecule has 0 spiro atoms. The molecule has 5 nitrogen and oxygen atoms in total. The Bertz CT molecular complexity index is 278. The molecule has 0 aliphatic carbocycles. The number of nitrogens with one attached hydrogen (secondary N) is 1. The van der Waals surface area contributed by atoms with Gasteiger partial charge in [-0.3, -0.25) is 4.79 Å². The molecule has 0 unspecified atom stereocenters. The number of ether oxygens (including phenoxy) is 1. The fourth-order valence-electron chi connectivity index (χ4n) is 0.818. The molecule has 0 aromatic carbocycles. The molecule has 1 N–H and O–H groups in total. The Morgan fingerprint density at radius 1 is 1.47 bits per heavy atom. The number of hydrogen-bond donors (Lipinski definition) is 1. The summed E-state index contributed by atoms with van der Waals surface area (Å²) in [6, 6.07) is 0. The zero-order valence-corrected chi connectivity index (χ0v) is 10.2. The van der Waals surface area contributed by atoms with E-state index in [9.17, 15) is 13.2 Å².